The van der Waals surface area contributed by atoms with E-state index in [0.29, 0.717) is 26.9 Å². The van der Waals surface area contributed by atoms with Gasteiger partial charge in [0.2, 0.25) is 5.88 Å². The van der Waals surface area contributed by atoms with Crippen molar-refractivity contribution >= 4 is 29.0 Å². The van der Waals surface area contributed by atoms with Crippen molar-refractivity contribution in [2.24, 2.45) is 4.99 Å². The molecule has 0 radical (unpaired) electrons. The molecule has 1 saturated carbocycles. The Balaban J connectivity index is 1.72. The molecule has 1 aliphatic carbocycles. The van der Waals surface area contributed by atoms with Crippen molar-refractivity contribution in [1.29, 1.82) is 0 Å². The van der Waals surface area contributed by atoms with E-state index in [2.05, 4.69) is 15.1 Å². The molecule has 0 spiro atoms. The molecule has 0 atom stereocenters. The number of carbonyl (C=O) groups excluding carboxylic acids is 1. The number of imidazole rings is 1. The van der Waals surface area contributed by atoms with Crippen LogP contribution in [0.25, 0.3) is 22.3 Å². The van der Waals surface area contributed by atoms with Crippen LogP contribution < -0.4 is 16.4 Å². The Kier molecular flexibility index (Phi) is 4.24. The summed E-state index contributed by atoms with van der Waals surface area (Å²) in [5.74, 6) is -0.667. The normalized spacial score (nSPS) is 15.2. The average Bonchev–Trinajstić information content (AvgIpc) is 3.12. The number of hydrogen-bond acceptors (Lipinski definition) is 8. The number of methoxy groups -OCH3 is 1. The van der Waals surface area contributed by atoms with Gasteiger partial charge in [-0.3, -0.25) is 9.98 Å². The summed E-state index contributed by atoms with van der Waals surface area (Å²) in [6.07, 6.45) is 5.24. The molecule has 3 N–H and O–H groups in total. The lowest BCUT2D eigenvalue weighted by Crippen LogP contribution is -2.19. The zero-order valence-electron chi connectivity index (χ0n) is 15.7. The fourth-order valence-corrected chi connectivity index (χ4v) is 3.89. The van der Waals surface area contributed by atoms with Crippen molar-refractivity contribution < 1.29 is 14.6 Å². The monoisotopic (exact) mass is 424 g/mol. The molecule has 10 nitrogen and oxygen atoms in total. The van der Waals surface area contributed by atoms with Crippen LogP contribution in [0.2, 0.25) is 0 Å². The highest BCUT2D eigenvalue weighted by Gasteiger charge is 2.21. The summed E-state index contributed by atoms with van der Waals surface area (Å²) in [7, 11) is 1.34. The molecule has 4 aromatic rings. The Labute approximate surface area is 172 Å². The maximum atomic E-state index is 11.8. The Morgan fingerprint density at radius 3 is 2.93 bits per heavy atom. The number of aromatic amines is 2. The zero-order valence-corrected chi connectivity index (χ0v) is 16.6. The number of rotatable bonds is 4. The largest absolute Gasteiger partial charge is 0.493 e. The third-order valence-corrected chi connectivity index (χ3v) is 5.71. The summed E-state index contributed by atoms with van der Waals surface area (Å²) in [5.41, 5.74) is 1.52. The second-order valence-electron chi connectivity index (χ2n) is 6.84. The van der Waals surface area contributed by atoms with E-state index in [9.17, 15) is 14.7 Å². The number of nitrogens with zero attached hydrogens (tertiary/aromatic N) is 4. The maximum Gasteiger partial charge on any atom is 0.348 e. The topological polar surface area (TPSA) is 138 Å². The fraction of sp³-hybridized carbons (Fsp3) is 0.211. The van der Waals surface area contributed by atoms with Crippen molar-refractivity contribution in [3.8, 4) is 16.5 Å². The molecule has 11 heteroatoms. The molecule has 0 aliphatic heterocycles. The molecule has 0 saturated heterocycles. The van der Waals surface area contributed by atoms with Crippen LogP contribution in [0.3, 0.4) is 0 Å². The van der Waals surface area contributed by atoms with Gasteiger partial charge in [-0.2, -0.15) is 9.61 Å². The van der Waals surface area contributed by atoms with Crippen LogP contribution in [-0.4, -0.2) is 48.8 Å². The van der Waals surface area contributed by atoms with Gasteiger partial charge < -0.3 is 14.8 Å². The molecule has 1 aliphatic rings. The minimum absolute atomic E-state index is 0.229. The Bertz CT molecular complexity index is 1460. The molecule has 0 amide bonds. The van der Waals surface area contributed by atoms with E-state index < -0.39 is 11.7 Å². The lowest BCUT2D eigenvalue weighted by atomic mass is 10.3. The number of fused-ring (bicyclic) bond motifs is 1. The summed E-state index contributed by atoms with van der Waals surface area (Å²) in [5, 5.41) is 14.9. The van der Waals surface area contributed by atoms with Crippen molar-refractivity contribution in [3.63, 3.8) is 0 Å². The van der Waals surface area contributed by atoms with E-state index >= 15 is 0 Å². The first-order valence-corrected chi connectivity index (χ1v) is 9.97. The quantitative estimate of drug-likeness (QED) is 0.410. The lowest BCUT2D eigenvalue weighted by Gasteiger charge is -2.00. The van der Waals surface area contributed by atoms with E-state index in [1.807, 2.05) is 12.1 Å². The number of H-pyrrole nitrogens is 2. The molecule has 4 heterocycles. The first kappa shape index (κ1) is 18.3. The summed E-state index contributed by atoms with van der Waals surface area (Å²) < 4.78 is 6.41. The van der Waals surface area contributed by atoms with Gasteiger partial charge in [-0.1, -0.05) is 0 Å². The predicted molar refractivity (Wildman–Crippen MR) is 108 cm³/mol. The van der Waals surface area contributed by atoms with Gasteiger partial charge in [0.15, 0.2) is 11.1 Å². The van der Waals surface area contributed by atoms with Crippen molar-refractivity contribution in [1.82, 2.24) is 24.6 Å². The molecule has 0 unspecified atom stereocenters. The predicted octanol–water partition coefficient (Wildman–Crippen LogP) is 0.577. The van der Waals surface area contributed by atoms with Gasteiger partial charge in [0.25, 0.3) is 0 Å². The van der Waals surface area contributed by atoms with E-state index in [1.165, 1.54) is 18.4 Å². The minimum atomic E-state index is -0.512. The molecule has 30 heavy (non-hydrogen) atoms. The average molecular weight is 424 g/mol. The number of thiophene rings is 1. The summed E-state index contributed by atoms with van der Waals surface area (Å²) in [4.78, 5) is 38.7. The fourth-order valence-electron chi connectivity index (χ4n) is 3.01. The molecular formula is C19H16N6O4S. The van der Waals surface area contributed by atoms with Gasteiger partial charge in [-0.15, -0.1) is 11.3 Å². The standard InChI is InChI=1S/C19H16N6O4S/c1-29-18(27)14-5-4-13(30-14)11-7-15(21-10-2-3-10)25-16(22-11)9(8-20-25)6-12-17(26)24-19(28)23-12/h4-8,10,26H,2-3H2,1H3,(H2,23,24,28). The molecule has 0 aromatic carbocycles. The van der Waals surface area contributed by atoms with Crippen LogP contribution in [0, 0.1) is 0 Å². The number of aromatic hydroxyl groups is 1. The SMILES string of the molecule is COC(=O)c1ccc(-c2cc(=NC3CC3)n3ncc(=Cc4[nH]c(=O)[nH]c4O)c3n2)s1. The van der Waals surface area contributed by atoms with Crippen LogP contribution >= 0.6 is 11.3 Å². The van der Waals surface area contributed by atoms with E-state index in [4.69, 9.17) is 14.7 Å². The number of carbonyl (C=O) groups is 1. The molecule has 152 valence electrons. The smallest absolute Gasteiger partial charge is 0.348 e. The molecule has 4 aromatic heterocycles. The maximum absolute atomic E-state index is 11.8. The second-order valence-corrected chi connectivity index (χ2v) is 7.92. The number of hydrogen-bond donors (Lipinski definition) is 3. The van der Waals surface area contributed by atoms with Crippen LogP contribution in [0.5, 0.6) is 5.88 Å². The Morgan fingerprint density at radius 2 is 2.23 bits per heavy atom. The first-order chi connectivity index (χ1) is 14.5. The zero-order chi connectivity index (χ0) is 20.8. The van der Waals surface area contributed by atoms with Gasteiger partial charge in [-0.05, 0) is 31.1 Å². The van der Waals surface area contributed by atoms with Crippen LogP contribution in [-0.2, 0) is 4.74 Å². The number of ether oxygens (including phenoxy) is 1. The molecule has 1 fully saturated rings. The highest BCUT2D eigenvalue weighted by molar-refractivity contribution is 7.17. The van der Waals surface area contributed by atoms with Crippen molar-refractivity contribution in [3.05, 3.63) is 56.2 Å². The number of aromatic nitrogens is 5. The van der Waals surface area contributed by atoms with Crippen LogP contribution in [0.1, 0.15) is 28.2 Å². The van der Waals surface area contributed by atoms with Gasteiger partial charge in [-0.25, -0.2) is 14.6 Å². The van der Waals surface area contributed by atoms with Crippen LogP contribution in [0.15, 0.2) is 34.2 Å². The summed E-state index contributed by atoms with van der Waals surface area (Å²) in [6, 6.07) is 5.61. The Hall–Kier alpha value is -3.73. The summed E-state index contributed by atoms with van der Waals surface area (Å²) in [6.45, 7) is 0. The Morgan fingerprint density at radius 1 is 1.40 bits per heavy atom. The summed E-state index contributed by atoms with van der Waals surface area (Å²) >= 11 is 1.28. The van der Waals surface area contributed by atoms with Crippen molar-refractivity contribution in [2.45, 2.75) is 18.9 Å². The molecular weight excluding hydrogens is 408 g/mol. The third-order valence-electron chi connectivity index (χ3n) is 4.62. The highest BCUT2D eigenvalue weighted by Crippen LogP contribution is 2.27. The van der Waals surface area contributed by atoms with Gasteiger partial charge in [0.1, 0.15) is 10.6 Å². The first-order valence-electron chi connectivity index (χ1n) is 9.16. The second kappa shape index (κ2) is 6.95. The van der Waals surface area contributed by atoms with Gasteiger partial charge >= 0.3 is 11.7 Å². The van der Waals surface area contributed by atoms with E-state index in [0.717, 1.165) is 17.7 Å². The third kappa shape index (κ3) is 3.28. The number of esters is 1. The van der Waals surface area contributed by atoms with Crippen LogP contribution in [0.4, 0.5) is 0 Å². The van der Waals surface area contributed by atoms with E-state index in [-0.39, 0.29) is 17.6 Å². The number of nitrogens with one attached hydrogen (secondary N) is 2. The minimum Gasteiger partial charge on any atom is -0.493 e. The van der Waals surface area contributed by atoms with Crippen molar-refractivity contribution in [2.75, 3.05) is 7.11 Å². The highest BCUT2D eigenvalue weighted by atomic mass is 32.1. The molecule has 0 bridgehead atoms. The van der Waals surface area contributed by atoms with E-state index in [1.54, 1.807) is 22.9 Å². The molecule has 5 rings (SSSR count). The lowest BCUT2D eigenvalue weighted by molar-refractivity contribution is 0.0606. The van der Waals surface area contributed by atoms with Gasteiger partial charge in [0.05, 0.1) is 29.9 Å². The van der Waals surface area contributed by atoms with Gasteiger partial charge in [0, 0.05) is 11.3 Å².